The van der Waals surface area contributed by atoms with Gasteiger partial charge in [-0.25, -0.2) is 4.39 Å². The molecule has 1 aromatic carbocycles. The molecule has 2 nitrogen and oxygen atoms in total. The van der Waals surface area contributed by atoms with Gasteiger partial charge in [0.1, 0.15) is 5.82 Å². The average Bonchev–Trinajstić information content (AvgIpc) is 3.05. The molecule has 4 heteroatoms. The fourth-order valence-electron chi connectivity index (χ4n) is 2.30. The van der Waals surface area contributed by atoms with Crippen LogP contribution in [0.3, 0.4) is 0 Å². The summed E-state index contributed by atoms with van der Waals surface area (Å²) in [5.74, 6) is -0.219. The molecule has 0 aliphatic heterocycles. The maximum atomic E-state index is 13.8. The molecule has 1 aliphatic carbocycles. The second-order valence-corrected chi connectivity index (χ2v) is 4.89. The molecular weight excluding hydrogens is 227 g/mol. The van der Waals surface area contributed by atoms with Gasteiger partial charge < -0.3 is 11.1 Å². The van der Waals surface area contributed by atoms with Crippen LogP contribution in [0.4, 0.5) is 4.39 Å². The molecule has 1 atom stereocenters. The van der Waals surface area contributed by atoms with Gasteiger partial charge >= 0.3 is 0 Å². The van der Waals surface area contributed by atoms with E-state index in [-0.39, 0.29) is 17.3 Å². The Labute approximate surface area is 100.0 Å². The molecule has 0 saturated heterocycles. The number of hydrogen-bond acceptors (Lipinski definition) is 2. The first kappa shape index (κ1) is 11.8. The maximum absolute atomic E-state index is 13.8. The van der Waals surface area contributed by atoms with Gasteiger partial charge in [0.2, 0.25) is 0 Å². The number of rotatable bonds is 4. The minimum absolute atomic E-state index is 0.0142. The molecule has 0 spiro atoms. The highest BCUT2D eigenvalue weighted by atomic mass is 35.5. The van der Waals surface area contributed by atoms with E-state index in [0.717, 1.165) is 12.8 Å². The van der Waals surface area contributed by atoms with Crippen LogP contribution < -0.4 is 11.1 Å². The van der Waals surface area contributed by atoms with Crippen molar-refractivity contribution in [1.82, 2.24) is 5.32 Å². The summed E-state index contributed by atoms with van der Waals surface area (Å²) in [5, 5.41) is 3.72. The predicted molar refractivity (Wildman–Crippen MR) is 63.9 cm³/mol. The summed E-state index contributed by atoms with van der Waals surface area (Å²) in [6.07, 6.45) is 2.09. The second kappa shape index (κ2) is 4.32. The van der Waals surface area contributed by atoms with Gasteiger partial charge in [-0.15, -0.1) is 0 Å². The highest BCUT2D eigenvalue weighted by Crippen LogP contribution is 2.54. The normalized spacial score (nSPS) is 19.5. The van der Waals surface area contributed by atoms with Crippen LogP contribution >= 0.6 is 11.6 Å². The van der Waals surface area contributed by atoms with E-state index in [1.165, 1.54) is 6.07 Å². The van der Waals surface area contributed by atoms with E-state index in [4.69, 9.17) is 17.3 Å². The van der Waals surface area contributed by atoms with Gasteiger partial charge in [-0.3, -0.25) is 0 Å². The van der Waals surface area contributed by atoms with Gasteiger partial charge in [0.25, 0.3) is 0 Å². The van der Waals surface area contributed by atoms with Crippen molar-refractivity contribution in [2.75, 3.05) is 13.6 Å². The largest absolute Gasteiger partial charge is 0.330 e. The average molecular weight is 243 g/mol. The molecule has 1 fully saturated rings. The lowest BCUT2D eigenvalue weighted by atomic mass is 9.90. The number of nitrogens with one attached hydrogen (secondary N) is 1. The van der Waals surface area contributed by atoms with Crippen LogP contribution in [-0.2, 0) is 0 Å². The van der Waals surface area contributed by atoms with Crippen molar-refractivity contribution in [1.29, 1.82) is 0 Å². The van der Waals surface area contributed by atoms with Crippen molar-refractivity contribution in [2.24, 2.45) is 11.1 Å². The zero-order valence-corrected chi connectivity index (χ0v) is 10.0. The summed E-state index contributed by atoms with van der Waals surface area (Å²) in [5.41, 5.74) is 6.41. The molecule has 0 amide bonds. The first-order valence-electron chi connectivity index (χ1n) is 5.45. The Kier molecular flexibility index (Phi) is 3.19. The van der Waals surface area contributed by atoms with Gasteiger partial charge in [0.05, 0.1) is 0 Å². The fraction of sp³-hybridized carbons (Fsp3) is 0.500. The third-order valence-corrected chi connectivity index (χ3v) is 3.70. The SMILES string of the molecule is CNC(c1cc(Cl)ccc1F)C1(CN)CC1. The molecule has 0 bridgehead atoms. The lowest BCUT2D eigenvalue weighted by molar-refractivity contribution is 0.355. The second-order valence-electron chi connectivity index (χ2n) is 4.45. The van der Waals surface area contributed by atoms with E-state index in [1.54, 1.807) is 12.1 Å². The van der Waals surface area contributed by atoms with Gasteiger partial charge in [0, 0.05) is 22.0 Å². The molecule has 2 rings (SSSR count). The monoisotopic (exact) mass is 242 g/mol. The summed E-state index contributed by atoms with van der Waals surface area (Å²) < 4.78 is 13.8. The summed E-state index contributed by atoms with van der Waals surface area (Å²) in [6.45, 7) is 0.574. The van der Waals surface area contributed by atoms with Gasteiger partial charge in [-0.05, 0) is 44.6 Å². The Hall–Kier alpha value is -0.640. The summed E-state index contributed by atoms with van der Waals surface area (Å²) in [7, 11) is 1.83. The molecule has 0 radical (unpaired) electrons. The zero-order chi connectivity index (χ0) is 11.8. The topological polar surface area (TPSA) is 38.0 Å². The Bertz CT molecular complexity index is 391. The predicted octanol–water partition coefficient (Wildman–Crippen LogP) is 2.48. The van der Waals surface area contributed by atoms with Crippen LogP contribution in [0, 0.1) is 11.2 Å². The minimum Gasteiger partial charge on any atom is -0.330 e. The third-order valence-electron chi connectivity index (χ3n) is 3.47. The van der Waals surface area contributed by atoms with Gasteiger partial charge in [0.15, 0.2) is 0 Å². The molecule has 1 aliphatic rings. The zero-order valence-electron chi connectivity index (χ0n) is 9.26. The van der Waals surface area contributed by atoms with Crippen molar-refractivity contribution >= 4 is 11.6 Å². The smallest absolute Gasteiger partial charge is 0.128 e. The van der Waals surface area contributed by atoms with E-state index in [9.17, 15) is 4.39 Å². The van der Waals surface area contributed by atoms with Crippen LogP contribution in [0.25, 0.3) is 0 Å². The molecule has 0 aromatic heterocycles. The van der Waals surface area contributed by atoms with E-state index in [1.807, 2.05) is 7.05 Å². The highest BCUT2D eigenvalue weighted by molar-refractivity contribution is 6.30. The minimum atomic E-state index is -0.219. The highest BCUT2D eigenvalue weighted by Gasteiger charge is 2.48. The number of benzene rings is 1. The van der Waals surface area contributed by atoms with E-state index in [2.05, 4.69) is 5.32 Å². The third kappa shape index (κ3) is 1.95. The van der Waals surface area contributed by atoms with Crippen LogP contribution in [0.1, 0.15) is 24.4 Å². The number of halogens is 2. The van der Waals surface area contributed by atoms with Crippen LogP contribution in [0.15, 0.2) is 18.2 Å². The van der Waals surface area contributed by atoms with E-state index in [0.29, 0.717) is 17.1 Å². The van der Waals surface area contributed by atoms with Crippen LogP contribution in [0.5, 0.6) is 0 Å². The lowest BCUT2D eigenvalue weighted by Gasteiger charge is -2.26. The molecule has 3 N–H and O–H groups in total. The molecule has 1 saturated carbocycles. The standard InChI is InChI=1S/C12H16ClFN2/c1-16-11(12(7-15)4-5-12)9-6-8(13)2-3-10(9)14/h2-3,6,11,16H,4-5,7,15H2,1H3. The van der Waals surface area contributed by atoms with Crippen molar-refractivity contribution in [3.63, 3.8) is 0 Å². The fourth-order valence-corrected chi connectivity index (χ4v) is 2.48. The molecule has 88 valence electrons. The summed E-state index contributed by atoms with van der Waals surface area (Å²) >= 11 is 5.91. The quantitative estimate of drug-likeness (QED) is 0.851. The molecule has 1 unspecified atom stereocenters. The van der Waals surface area contributed by atoms with Gasteiger partial charge in [-0.1, -0.05) is 11.6 Å². The Morgan fingerprint density at radius 1 is 1.56 bits per heavy atom. The number of nitrogens with two attached hydrogens (primary N) is 1. The van der Waals surface area contributed by atoms with Gasteiger partial charge in [-0.2, -0.15) is 0 Å². The molecule has 16 heavy (non-hydrogen) atoms. The first-order chi connectivity index (χ1) is 7.63. The van der Waals surface area contributed by atoms with E-state index >= 15 is 0 Å². The molecule has 0 heterocycles. The summed E-state index contributed by atoms with van der Waals surface area (Å²) in [4.78, 5) is 0. The Morgan fingerprint density at radius 2 is 2.25 bits per heavy atom. The van der Waals surface area contributed by atoms with Crippen molar-refractivity contribution in [3.8, 4) is 0 Å². The number of hydrogen-bond donors (Lipinski definition) is 2. The lowest BCUT2D eigenvalue weighted by Crippen LogP contribution is -2.32. The molecule has 1 aromatic rings. The summed E-state index contributed by atoms with van der Waals surface area (Å²) in [6, 6.07) is 4.62. The van der Waals surface area contributed by atoms with Crippen molar-refractivity contribution < 1.29 is 4.39 Å². The molecular formula is C12H16ClFN2. The van der Waals surface area contributed by atoms with Crippen LogP contribution in [0.2, 0.25) is 5.02 Å². The van der Waals surface area contributed by atoms with E-state index < -0.39 is 0 Å². The Morgan fingerprint density at radius 3 is 2.75 bits per heavy atom. The maximum Gasteiger partial charge on any atom is 0.128 e. The Balaban J connectivity index is 2.37. The van der Waals surface area contributed by atoms with Crippen molar-refractivity contribution in [3.05, 3.63) is 34.6 Å². The first-order valence-corrected chi connectivity index (χ1v) is 5.83. The van der Waals surface area contributed by atoms with Crippen LogP contribution in [-0.4, -0.2) is 13.6 Å². The van der Waals surface area contributed by atoms with Crippen molar-refractivity contribution in [2.45, 2.75) is 18.9 Å².